The van der Waals surface area contributed by atoms with Crippen molar-refractivity contribution in [2.24, 2.45) is 29.1 Å². The quantitative estimate of drug-likeness (QED) is 0.191. The minimum atomic E-state index is 0.0351. The van der Waals surface area contributed by atoms with Gasteiger partial charge in [0.25, 0.3) is 0 Å². The molecule has 6 unspecified atom stereocenters. The van der Waals surface area contributed by atoms with Crippen LogP contribution in [0, 0.1) is 29.1 Å². The van der Waals surface area contributed by atoms with Gasteiger partial charge in [0.15, 0.2) is 0 Å². The van der Waals surface area contributed by atoms with Crippen LogP contribution < -0.4 is 9.64 Å². The van der Waals surface area contributed by atoms with E-state index in [1.807, 2.05) is 0 Å². The average Bonchev–Trinajstić information content (AvgIpc) is 3.66. The molecule has 5 aliphatic carbocycles. The summed E-state index contributed by atoms with van der Waals surface area (Å²) in [7, 11) is 0. The van der Waals surface area contributed by atoms with Crippen molar-refractivity contribution >= 4 is 17.1 Å². The van der Waals surface area contributed by atoms with Gasteiger partial charge < -0.3 is 9.64 Å². The predicted molar refractivity (Wildman–Crippen MR) is 204 cm³/mol. The Morgan fingerprint density at radius 2 is 1.34 bits per heavy atom. The second-order valence-corrected chi connectivity index (χ2v) is 18.1. The molecule has 11 rings (SSSR count). The Kier molecular flexibility index (Phi) is 5.72. The van der Waals surface area contributed by atoms with Gasteiger partial charge in [-0.2, -0.15) is 0 Å². The van der Waals surface area contributed by atoms with Crippen LogP contribution in [0.2, 0.25) is 0 Å². The van der Waals surface area contributed by atoms with E-state index in [9.17, 15) is 0 Å². The van der Waals surface area contributed by atoms with Gasteiger partial charge in [0.05, 0.1) is 5.69 Å². The molecule has 5 aromatic rings. The maximum Gasteiger partial charge on any atom is 0.133 e. The molecule has 6 aliphatic rings. The Morgan fingerprint density at radius 1 is 0.580 bits per heavy atom. The second kappa shape index (κ2) is 9.72. The van der Waals surface area contributed by atoms with Crippen LogP contribution in [0.3, 0.4) is 0 Å². The molecule has 1 aliphatic heterocycles. The molecular weight excluding hydrogens is 607 g/mol. The van der Waals surface area contributed by atoms with Crippen LogP contribution in [0.5, 0.6) is 11.5 Å². The summed E-state index contributed by atoms with van der Waals surface area (Å²) in [6.45, 7) is 9.75. The highest BCUT2D eigenvalue weighted by Gasteiger charge is 2.84. The number of anilines is 3. The zero-order valence-electron chi connectivity index (χ0n) is 29.9. The van der Waals surface area contributed by atoms with E-state index in [2.05, 4.69) is 148 Å². The number of ether oxygens (including phenoxy) is 1. The van der Waals surface area contributed by atoms with Gasteiger partial charge in [-0.15, -0.1) is 0 Å². The smallest absolute Gasteiger partial charge is 0.133 e. The molecule has 0 N–H and O–H groups in total. The van der Waals surface area contributed by atoms with Gasteiger partial charge in [-0.25, -0.2) is 0 Å². The molecule has 0 saturated heterocycles. The fraction of sp³-hybridized carbons (Fsp3) is 0.375. The maximum absolute atomic E-state index is 7.11. The summed E-state index contributed by atoms with van der Waals surface area (Å²) in [5.74, 6) is 5.41. The first-order chi connectivity index (χ1) is 24.2. The third kappa shape index (κ3) is 3.56. The van der Waals surface area contributed by atoms with E-state index in [-0.39, 0.29) is 16.2 Å². The van der Waals surface area contributed by atoms with Gasteiger partial charge in [0, 0.05) is 34.0 Å². The second-order valence-electron chi connectivity index (χ2n) is 18.1. The topological polar surface area (TPSA) is 12.5 Å². The molecular formula is C48H47NO. The first kappa shape index (κ1) is 29.4. The first-order valence-corrected chi connectivity index (χ1v) is 19.2. The lowest BCUT2D eigenvalue weighted by Gasteiger charge is -2.77. The molecule has 1 heterocycles. The molecule has 2 nitrogen and oxygen atoms in total. The van der Waals surface area contributed by atoms with Gasteiger partial charge in [-0.3, -0.25) is 0 Å². The Labute approximate surface area is 297 Å². The Hall–Kier alpha value is -4.30. The van der Waals surface area contributed by atoms with Crippen LogP contribution in [0.4, 0.5) is 17.1 Å². The Balaban J connectivity index is 1.11. The third-order valence-electron chi connectivity index (χ3n) is 15.0. The molecule has 0 aromatic heterocycles. The highest BCUT2D eigenvalue weighted by molar-refractivity contribution is 5.82. The molecule has 5 aromatic carbocycles. The van der Waals surface area contributed by atoms with Crippen molar-refractivity contribution < 1.29 is 4.74 Å². The van der Waals surface area contributed by atoms with Crippen LogP contribution in [-0.4, -0.2) is 0 Å². The number of hydrogen-bond donors (Lipinski definition) is 0. The number of benzene rings is 5. The lowest BCUT2D eigenvalue weighted by molar-refractivity contribution is -0.235. The fourth-order valence-electron chi connectivity index (χ4n) is 13.0. The number of nitrogens with zero attached hydrogens (tertiary/aromatic N) is 1. The minimum Gasteiger partial charge on any atom is -0.457 e. The van der Waals surface area contributed by atoms with Crippen LogP contribution in [0.25, 0.3) is 11.1 Å². The molecule has 2 bridgehead atoms. The molecule has 0 radical (unpaired) electrons. The summed E-state index contributed by atoms with van der Waals surface area (Å²) in [6.07, 6.45) is 8.07. The van der Waals surface area contributed by atoms with E-state index in [0.29, 0.717) is 17.3 Å². The Morgan fingerprint density at radius 3 is 2.14 bits per heavy atom. The molecule has 4 saturated carbocycles. The highest BCUT2D eigenvalue weighted by atomic mass is 16.5. The molecule has 6 atom stereocenters. The summed E-state index contributed by atoms with van der Waals surface area (Å²) in [5, 5.41) is 0. The van der Waals surface area contributed by atoms with Crippen molar-refractivity contribution in [2.75, 3.05) is 4.90 Å². The number of rotatable bonds is 4. The first-order valence-electron chi connectivity index (χ1n) is 19.2. The summed E-state index contributed by atoms with van der Waals surface area (Å²) in [6, 6.07) is 43.4. The van der Waals surface area contributed by atoms with E-state index >= 15 is 0 Å². The van der Waals surface area contributed by atoms with Gasteiger partial charge in [0.1, 0.15) is 11.5 Å². The van der Waals surface area contributed by atoms with Crippen molar-refractivity contribution in [3.05, 3.63) is 138 Å². The van der Waals surface area contributed by atoms with E-state index in [4.69, 9.17) is 4.74 Å². The number of fused-ring (bicyclic) bond motifs is 8. The van der Waals surface area contributed by atoms with Crippen molar-refractivity contribution in [2.45, 2.75) is 82.5 Å². The maximum atomic E-state index is 7.11. The summed E-state index contributed by atoms with van der Waals surface area (Å²) < 4.78 is 7.11. The van der Waals surface area contributed by atoms with E-state index < -0.39 is 0 Å². The van der Waals surface area contributed by atoms with Crippen molar-refractivity contribution in [1.29, 1.82) is 0 Å². The van der Waals surface area contributed by atoms with Crippen LogP contribution >= 0.6 is 0 Å². The van der Waals surface area contributed by atoms with E-state index in [1.165, 1.54) is 89.0 Å². The van der Waals surface area contributed by atoms with Gasteiger partial charge in [-0.1, -0.05) is 100 Å². The van der Waals surface area contributed by atoms with Crippen LogP contribution in [0.15, 0.2) is 115 Å². The SMILES string of the molecule is CC1(C)CCC(C)(C)c2c(N(c3ccccc3)c3ccc4c(c3)Oc3ccc(-c5ccccc5)cc3C43C4CC5CC6CC3C64C5)cccc21. The van der Waals surface area contributed by atoms with Crippen LogP contribution in [-0.2, 0) is 16.2 Å². The van der Waals surface area contributed by atoms with E-state index in [0.717, 1.165) is 23.3 Å². The minimum absolute atomic E-state index is 0.0351. The zero-order chi connectivity index (χ0) is 33.6. The normalized spacial score (nSPS) is 31.0. The molecule has 2 heteroatoms. The Bertz CT molecular complexity index is 2200. The fourth-order valence-corrected chi connectivity index (χ4v) is 13.0. The number of para-hydroxylation sites is 1. The summed E-state index contributed by atoms with van der Waals surface area (Å²) in [5.41, 5.74) is 12.9. The standard InChI is InChI=1S/C48H47NO/c1-45(2)22-23-46(3,4)44-37(45)16-11-17-39(44)49(34-14-9-6-10-15-34)35-19-20-36-41(28-35)50-40-21-18-32(31-12-7-5-8-13-31)26-38(40)48(36)42-25-30-24-33-27-43(48)47(33,42)29-30/h5-21,26,28,30,33,42-43H,22-25,27,29H2,1-4H3. The molecule has 250 valence electrons. The van der Waals surface area contributed by atoms with Crippen molar-refractivity contribution in [1.82, 2.24) is 0 Å². The monoisotopic (exact) mass is 653 g/mol. The van der Waals surface area contributed by atoms with E-state index in [1.54, 1.807) is 0 Å². The van der Waals surface area contributed by atoms with Gasteiger partial charge >= 0.3 is 0 Å². The van der Waals surface area contributed by atoms with Gasteiger partial charge in [0.2, 0.25) is 0 Å². The molecule has 4 fully saturated rings. The molecule has 50 heavy (non-hydrogen) atoms. The molecule has 2 spiro atoms. The van der Waals surface area contributed by atoms with Gasteiger partial charge in [-0.05, 0) is 137 Å². The largest absolute Gasteiger partial charge is 0.457 e. The summed E-state index contributed by atoms with van der Waals surface area (Å²) >= 11 is 0. The van der Waals surface area contributed by atoms with Crippen LogP contribution in [0.1, 0.15) is 88.5 Å². The summed E-state index contributed by atoms with van der Waals surface area (Å²) in [4.78, 5) is 2.52. The zero-order valence-corrected chi connectivity index (χ0v) is 29.9. The number of hydrogen-bond acceptors (Lipinski definition) is 2. The predicted octanol–water partition coefficient (Wildman–Crippen LogP) is 12.6. The van der Waals surface area contributed by atoms with Crippen molar-refractivity contribution in [3.63, 3.8) is 0 Å². The highest BCUT2D eigenvalue weighted by Crippen LogP contribution is 2.89. The third-order valence-corrected chi connectivity index (χ3v) is 15.0. The van der Waals surface area contributed by atoms with Crippen molar-refractivity contribution in [3.8, 4) is 22.6 Å². The lowest BCUT2D eigenvalue weighted by atomic mass is 9.26. The molecule has 0 amide bonds. The lowest BCUT2D eigenvalue weighted by Crippen LogP contribution is -2.74. The average molecular weight is 654 g/mol.